The van der Waals surface area contributed by atoms with Gasteiger partial charge in [-0.3, -0.25) is 10.1 Å². The lowest BCUT2D eigenvalue weighted by Crippen LogP contribution is -2.01. The van der Waals surface area contributed by atoms with Gasteiger partial charge in [-0.2, -0.15) is 0 Å². The van der Waals surface area contributed by atoms with E-state index in [1.807, 2.05) is 6.07 Å². The molecule has 2 aromatic carbocycles. The summed E-state index contributed by atoms with van der Waals surface area (Å²) < 4.78 is 0. The van der Waals surface area contributed by atoms with E-state index < -0.39 is 4.92 Å². The minimum absolute atomic E-state index is 0.0390. The minimum Gasteiger partial charge on any atom is -0.397 e. The summed E-state index contributed by atoms with van der Waals surface area (Å²) in [5.41, 5.74) is 13.1. The van der Waals surface area contributed by atoms with Crippen LogP contribution in [0, 0.1) is 10.1 Å². The third-order valence-electron chi connectivity index (χ3n) is 2.52. The molecule has 0 fully saturated rings. The fourth-order valence-electron chi connectivity index (χ4n) is 1.68. The van der Waals surface area contributed by atoms with Gasteiger partial charge in [0, 0.05) is 6.07 Å². The van der Waals surface area contributed by atoms with Gasteiger partial charge in [-0.05, 0) is 11.6 Å². The van der Waals surface area contributed by atoms with Crippen LogP contribution in [-0.2, 0) is 0 Å². The van der Waals surface area contributed by atoms with Gasteiger partial charge in [0.05, 0.1) is 21.9 Å². The summed E-state index contributed by atoms with van der Waals surface area (Å²) in [6, 6.07) is 11.8. The lowest BCUT2D eigenvalue weighted by Gasteiger charge is -2.08. The molecule has 0 saturated heterocycles. The molecule has 86 valence electrons. The number of nitro groups is 1. The Bertz CT molecular complexity index is 567. The summed E-state index contributed by atoms with van der Waals surface area (Å²) in [6.45, 7) is 0. The topological polar surface area (TPSA) is 95.2 Å². The molecule has 4 N–H and O–H groups in total. The normalized spacial score (nSPS) is 10.1. The van der Waals surface area contributed by atoms with Gasteiger partial charge < -0.3 is 11.5 Å². The lowest BCUT2D eigenvalue weighted by molar-refractivity contribution is -0.384. The van der Waals surface area contributed by atoms with Crippen molar-refractivity contribution in [3.63, 3.8) is 0 Å². The first-order valence-corrected chi connectivity index (χ1v) is 4.99. The lowest BCUT2D eigenvalue weighted by atomic mass is 10.0. The molecular weight excluding hydrogens is 218 g/mol. The van der Waals surface area contributed by atoms with E-state index >= 15 is 0 Å². The van der Waals surface area contributed by atoms with Crippen LogP contribution in [0.25, 0.3) is 11.1 Å². The van der Waals surface area contributed by atoms with E-state index in [0.29, 0.717) is 16.8 Å². The van der Waals surface area contributed by atoms with Crippen LogP contribution in [0.1, 0.15) is 0 Å². The zero-order valence-corrected chi connectivity index (χ0v) is 8.96. The van der Waals surface area contributed by atoms with Crippen molar-refractivity contribution in [2.24, 2.45) is 0 Å². The van der Waals surface area contributed by atoms with E-state index in [9.17, 15) is 10.1 Å². The van der Waals surface area contributed by atoms with E-state index in [1.54, 1.807) is 24.3 Å². The second-order valence-corrected chi connectivity index (χ2v) is 3.59. The Labute approximate surface area is 97.8 Å². The molecular formula is C12H11N3O2. The molecule has 2 rings (SSSR count). The Morgan fingerprint density at radius 3 is 2.24 bits per heavy atom. The molecule has 0 saturated carbocycles. The zero-order chi connectivity index (χ0) is 12.4. The average Bonchev–Trinajstić information content (AvgIpc) is 2.33. The molecule has 0 aromatic heterocycles. The molecule has 0 radical (unpaired) electrons. The highest BCUT2D eigenvalue weighted by atomic mass is 16.6. The van der Waals surface area contributed by atoms with Crippen LogP contribution in [0.4, 0.5) is 17.1 Å². The monoisotopic (exact) mass is 229 g/mol. The molecule has 17 heavy (non-hydrogen) atoms. The standard InChI is InChI=1S/C12H11N3O2/c13-9-6-7-10(15(16)17)11(12(9)14)8-4-2-1-3-5-8/h1-7H,13-14H2. The molecule has 0 amide bonds. The molecule has 5 heteroatoms. The summed E-state index contributed by atoms with van der Waals surface area (Å²) in [5.74, 6) is 0. The predicted molar refractivity (Wildman–Crippen MR) is 67.4 cm³/mol. The van der Waals surface area contributed by atoms with Crippen LogP contribution in [-0.4, -0.2) is 4.92 Å². The number of benzene rings is 2. The van der Waals surface area contributed by atoms with Gasteiger partial charge in [0.2, 0.25) is 0 Å². The molecule has 0 aliphatic rings. The largest absolute Gasteiger partial charge is 0.397 e. The summed E-state index contributed by atoms with van der Waals surface area (Å²) in [7, 11) is 0. The maximum Gasteiger partial charge on any atom is 0.279 e. The number of anilines is 2. The highest BCUT2D eigenvalue weighted by Gasteiger charge is 2.19. The van der Waals surface area contributed by atoms with Crippen molar-refractivity contribution in [1.82, 2.24) is 0 Å². The molecule has 0 aliphatic heterocycles. The Kier molecular flexibility index (Phi) is 2.66. The van der Waals surface area contributed by atoms with Crippen molar-refractivity contribution in [3.05, 3.63) is 52.6 Å². The van der Waals surface area contributed by atoms with Gasteiger partial charge in [-0.15, -0.1) is 0 Å². The molecule has 0 heterocycles. The number of nitro benzene ring substituents is 1. The Hall–Kier alpha value is -2.56. The smallest absolute Gasteiger partial charge is 0.279 e. The van der Waals surface area contributed by atoms with Gasteiger partial charge >= 0.3 is 0 Å². The molecule has 0 spiro atoms. The fraction of sp³-hybridized carbons (Fsp3) is 0. The Morgan fingerprint density at radius 2 is 1.65 bits per heavy atom. The van der Waals surface area contributed by atoms with Crippen LogP contribution in [0.3, 0.4) is 0 Å². The van der Waals surface area contributed by atoms with Crippen molar-refractivity contribution in [3.8, 4) is 11.1 Å². The highest BCUT2D eigenvalue weighted by Crippen LogP contribution is 2.37. The van der Waals surface area contributed by atoms with Crippen LogP contribution >= 0.6 is 0 Å². The second-order valence-electron chi connectivity index (χ2n) is 3.59. The summed E-state index contributed by atoms with van der Waals surface area (Å²) in [6.07, 6.45) is 0. The molecule has 0 bridgehead atoms. The first-order valence-electron chi connectivity index (χ1n) is 4.99. The van der Waals surface area contributed by atoms with Crippen molar-refractivity contribution in [2.45, 2.75) is 0 Å². The number of hydrogen-bond donors (Lipinski definition) is 2. The van der Waals surface area contributed by atoms with E-state index in [-0.39, 0.29) is 11.4 Å². The van der Waals surface area contributed by atoms with E-state index in [2.05, 4.69) is 0 Å². The number of hydrogen-bond acceptors (Lipinski definition) is 4. The SMILES string of the molecule is Nc1ccc([N+](=O)[O-])c(-c2ccccc2)c1N. The first kappa shape index (κ1) is 10.9. The third kappa shape index (κ3) is 1.90. The maximum atomic E-state index is 11.0. The average molecular weight is 229 g/mol. The Balaban J connectivity index is 2.74. The molecule has 2 aromatic rings. The van der Waals surface area contributed by atoms with Gasteiger partial charge in [0.25, 0.3) is 5.69 Å². The first-order chi connectivity index (χ1) is 8.11. The minimum atomic E-state index is -0.460. The van der Waals surface area contributed by atoms with Crippen LogP contribution < -0.4 is 11.5 Å². The van der Waals surface area contributed by atoms with Gasteiger partial charge in [-0.1, -0.05) is 30.3 Å². The van der Waals surface area contributed by atoms with Gasteiger partial charge in [0.15, 0.2) is 0 Å². The van der Waals surface area contributed by atoms with Crippen LogP contribution in [0.15, 0.2) is 42.5 Å². The Morgan fingerprint density at radius 1 is 1.00 bits per heavy atom. The molecule has 5 nitrogen and oxygen atoms in total. The summed E-state index contributed by atoms with van der Waals surface area (Å²) in [4.78, 5) is 10.5. The second kappa shape index (κ2) is 4.13. The van der Waals surface area contributed by atoms with E-state index in [1.165, 1.54) is 12.1 Å². The van der Waals surface area contributed by atoms with Gasteiger partial charge in [0.1, 0.15) is 0 Å². The fourth-order valence-corrected chi connectivity index (χ4v) is 1.68. The van der Waals surface area contributed by atoms with Crippen LogP contribution in [0.2, 0.25) is 0 Å². The van der Waals surface area contributed by atoms with Crippen LogP contribution in [0.5, 0.6) is 0 Å². The highest BCUT2D eigenvalue weighted by molar-refractivity contribution is 5.90. The van der Waals surface area contributed by atoms with E-state index in [4.69, 9.17) is 11.5 Å². The predicted octanol–water partition coefficient (Wildman–Crippen LogP) is 2.43. The summed E-state index contributed by atoms with van der Waals surface area (Å²) >= 11 is 0. The maximum absolute atomic E-state index is 11.0. The molecule has 0 aliphatic carbocycles. The zero-order valence-electron chi connectivity index (χ0n) is 8.96. The number of nitrogens with zero attached hydrogens (tertiary/aromatic N) is 1. The number of nitrogens with two attached hydrogens (primary N) is 2. The van der Waals surface area contributed by atoms with Crippen molar-refractivity contribution in [1.29, 1.82) is 0 Å². The van der Waals surface area contributed by atoms with Crippen molar-refractivity contribution < 1.29 is 4.92 Å². The quantitative estimate of drug-likeness (QED) is 0.469. The number of rotatable bonds is 2. The number of nitrogen functional groups attached to an aromatic ring is 2. The van der Waals surface area contributed by atoms with Crippen molar-refractivity contribution >= 4 is 17.1 Å². The van der Waals surface area contributed by atoms with E-state index in [0.717, 1.165) is 0 Å². The van der Waals surface area contributed by atoms with Crippen molar-refractivity contribution in [2.75, 3.05) is 11.5 Å². The molecule has 0 unspecified atom stereocenters. The third-order valence-corrected chi connectivity index (χ3v) is 2.52. The molecule has 0 atom stereocenters. The van der Waals surface area contributed by atoms with Gasteiger partial charge in [-0.25, -0.2) is 0 Å². The summed E-state index contributed by atoms with van der Waals surface area (Å²) in [5, 5.41) is 11.0.